The molecule has 1 atom stereocenters. The lowest BCUT2D eigenvalue weighted by molar-refractivity contribution is -0.121. The van der Waals surface area contributed by atoms with Gasteiger partial charge in [0.15, 0.2) is 0 Å². The lowest BCUT2D eigenvalue weighted by atomic mass is 9.92. The molecule has 1 aromatic carbocycles. The number of ether oxygens (including phenoxy) is 1. The zero-order chi connectivity index (χ0) is 20.1. The molecule has 0 aliphatic carbocycles. The first kappa shape index (κ1) is 19.9. The number of imidazole rings is 1. The number of carbonyl (C=O) groups excluding carboxylic acids is 1. The van der Waals surface area contributed by atoms with Crippen molar-refractivity contribution in [3.8, 4) is 0 Å². The lowest BCUT2D eigenvalue weighted by Crippen LogP contribution is -2.28. The fourth-order valence-electron chi connectivity index (χ4n) is 3.38. The first-order valence-corrected chi connectivity index (χ1v) is 9.46. The number of fused-ring (bicyclic) bond motifs is 1. The Morgan fingerprint density at radius 2 is 2.00 bits per heavy atom. The first-order chi connectivity index (χ1) is 13.5. The second kappa shape index (κ2) is 8.89. The molecule has 2 heterocycles. The Morgan fingerprint density at radius 3 is 2.68 bits per heavy atom. The average molecular weight is 380 g/mol. The van der Waals surface area contributed by atoms with E-state index in [9.17, 15) is 4.79 Å². The molecule has 1 unspecified atom stereocenters. The molecule has 1 N–H and O–H groups in total. The van der Waals surface area contributed by atoms with Gasteiger partial charge in [0.1, 0.15) is 5.65 Å². The van der Waals surface area contributed by atoms with Crippen molar-refractivity contribution in [3.63, 3.8) is 0 Å². The molecule has 28 heavy (non-hydrogen) atoms. The van der Waals surface area contributed by atoms with E-state index in [0.717, 1.165) is 28.2 Å². The number of aryl methyl sites for hydroxylation is 1. The highest BCUT2D eigenvalue weighted by Gasteiger charge is 2.22. The summed E-state index contributed by atoms with van der Waals surface area (Å²) in [6, 6.07) is 12.4. The number of nitrogens with one attached hydrogen (secondary N) is 1. The molecular formula is C22H28N4O2. The lowest BCUT2D eigenvalue weighted by Gasteiger charge is -2.19. The molecule has 0 saturated heterocycles. The largest absolute Gasteiger partial charge is 0.383 e. The number of rotatable bonds is 8. The average Bonchev–Trinajstić information content (AvgIpc) is 3.12. The summed E-state index contributed by atoms with van der Waals surface area (Å²) in [7, 11) is 5.66. The zero-order valence-electron chi connectivity index (χ0n) is 17.0. The molecule has 0 fully saturated rings. The highest BCUT2D eigenvalue weighted by molar-refractivity contribution is 5.77. The van der Waals surface area contributed by atoms with Crippen LogP contribution in [0, 0.1) is 6.92 Å². The summed E-state index contributed by atoms with van der Waals surface area (Å²) >= 11 is 0. The van der Waals surface area contributed by atoms with Crippen LogP contribution in [0.3, 0.4) is 0 Å². The van der Waals surface area contributed by atoms with E-state index in [4.69, 9.17) is 4.74 Å². The maximum absolute atomic E-state index is 12.6. The van der Waals surface area contributed by atoms with Crippen LogP contribution in [-0.2, 0) is 9.53 Å². The summed E-state index contributed by atoms with van der Waals surface area (Å²) < 4.78 is 7.11. The van der Waals surface area contributed by atoms with Crippen molar-refractivity contribution < 1.29 is 9.53 Å². The van der Waals surface area contributed by atoms with Gasteiger partial charge in [0.25, 0.3) is 0 Å². The third-order valence-corrected chi connectivity index (χ3v) is 4.95. The number of anilines is 1. The molecule has 0 bridgehead atoms. The predicted octanol–water partition coefficient (Wildman–Crippen LogP) is 2.99. The summed E-state index contributed by atoms with van der Waals surface area (Å²) in [6.45, 7) is 3.06. The van der Waals surface area contributed by atoms with Crippen LogP contribution in [-0.4, -0.2) is 49.6 Å². The van der Waals surface area contributed by atoms with Crippen molar-refractivity contribution in [2.24, 2.45) is 0 Å². The van der Waals surface area contributed by atoms with Gasteiger partial charge in [0.2, 0.25) is 5.91 Å². The maximum Gasteiger partial charge on any atom is 0.221 e. The Bertz CT molecular complexity index is 931. The van der Waals surface area contributed by atoms with Crippen molar-refractivity contribution in [2.75, 3.05) is 39.3 Å². The number of pyridine rings is 1. The summed E-state index contributed by atoms with van der Waals surface area (Å²) in [5.74, 6) is -0.0862. The Labute approximate surface area is 166 Å². The van der Waals surface area contributed by atoms with Gasteiger partial charge in [-0.05, 0) is 36.2 Å². The Kier molecular flexibility index (Phi) is 6.31. The minimum Gasteiger partial charge on any atom is -0.383 e. The Balaban J connectivity index is 1.96. The van der Waals surface area contributed by atoms with Crippen molar-refractivity contribution in [3.05, 3.63) is 65.6 Å². The van der Waals surface area contributed by atoms with Gasteiger partial charge in [-0.1, -0.05) is 18.2 Å². The number of hydrogen-bond acceptors (Lipinski definition) is 4. The third-order valence-electron chi connectivity index (χ3n) is 4.95. The fraction of sp³-hybridized carbons (Fsp3) is 0.364. The highest BCUT2D eigenvalue weighted by Crippen LogP contribution is 2.30. The van der Waals surface area contributed by atoms with E-state index in [0.29, 0.717) is 19.6 Å². The van der Waals surface area contributed by atoms with Gasteiger partial charge in [-0.3, -0.25) is 4.79 Å². The molecule has 6 nitrogen and oxygen atoms in total. The monoisotopic (exact) mass is 380 g/mol. The van der Waals surface area contributed by atoms with Crippen LogP contribution >= 0.6 is 0 Å². The number of methoxy groups -OCH3 is 1. The normalized spacial score (nSPS) is 12.1. The molecule has 1 amide bonds. The Hall–Kier alpha value is -2.86. The van der Waals surface area contributed by atoms with Gasteiger partial charge in [0.05, 0.1) is 12.3 Å². The summed E-state index contributed by atoms with van der Waals surface area (Å²) in [5, 5.41) is 2.93. The minimum absolute atomic E-state index is 0.00124. The molecule has 0 radical (unpaired) electrons. The van der Waals surface area contributed by atoms with Crippen LogP contribution in [0.5, 0.6) is 0 Å². The van der Waals surface area contributed by atoms with Gasteiger partial charge in [-0.15, -0.1) is 0 Å². The molecule has 3 aromatic rings. The number of aromatic nitrogens is 2. The predicted molar refractivity (Wildman–Crippen MR) is 112 cm³/mol. The quantitative estimate of drug-likeness (QED) is 0.611. The van der Waals surface area contributed by atoms with Crippen molar-refractivity contribution in [1.82, 2.24) is 14.7 Å². The van der Waals surface area contributed by atoms with E-state index in [2.05, 4.69) is 43.9 Å². The number of benzene rings is 1. The van der Waals surface area contributed by atoms with Gasteiger partial charge in [-0.2, -0.15) is 0 Å². The fourth-order valence-corrected chi connectivity index (χ4v) is 3.38. The topological polar surface area (TPSA) is 58.9 Å². The van der Waals surface area contributed by atoms with Crippen molar-refractivity contribution >= 4 is 17.2 Å². The Morgan fingerprint density at radius 1 is 1.25 bits per heavy atom. The SMILES string of the molecule is COCCNC(=O)CC(c1ccc(N(C)C)cc1)c1cnc2c(C)cccn12. The molecule has 148 valence electrons. The molecule has 6 heteroatoms. The number of amides is 1. The van der Waals surface area contributed by atoms with Crippen molar-refractivity contribution in [2.45, 2.75) is 19.3 Å². The van der Waals surface area contributed by atoms with Gasteiger partial charge >= 0.3 is 0 Å². The van der Waals surface area contributed by atoms with Crippen LogP contribution in [0.4, 0.5) is 5.69 Å². The molecule has 0 spiro atoms. The first-order valence-electron chi connectivity index (χ1n) is 9.46. The molecular weight excluding hydrogens is 352 g/mol. The van der Waals surface area contributed by atoms with Gasteiger partial charge in [0, 0.05) is 58.2 Å². The van der Waals surface area contributed by atoms with E-state index in [-0.39, 0.29) is 11.8 Å². The summed E-state index contributed by atoms with van der Waals surface area (Å²) in [6.07, 6.45) is 4.25. The van der Waals surface area contributed by atoms with E-state index in [1.165, 1.54) is 0 Å². The smallest absolute Gasteiger partial charge is 0.221 e. The van der Waals surface area contributed by atoms with Crippen LogP contribution < -0.4 is 10.2 Å². The summed E-state index contributed by atoms with van der Waals surface area (Å²) in [4.78, 5) is 19.2. The van der Waals surface area contributed by atoms with Gasteiger partial charge < -0.3 is 19.4 Å². The number of nitrogens with zero attached hydrogens (tertiary/aromatic N) is 3. The molecule has 3 rings (SSSR count). The number of carbonyl (C=O) groups is 1. The minimum atomic E-state index is -0.0874. The van der Waals surface area contributed by atoms with E-state index in [1.807, 2.05) is 45.5 Å². The maximum atomic E-state index is 12.6. The van der Waals surface area contributed by atoms with Gasteiger partial charge in [-0.25, -0.2) is 4.98 Å². The van der Waals surface area contributed by atoms with Crippen LogP contribution in [0.1, 0.15) is 29.2 Å². The zero-order valence-corrected chi connectivity index (χ0v) is 17.0. The number of hydrogen-bond donors (Lipinski definition) is 1. The van der Waals surface area contributed by atoms with E-state index in [1.54, 1.807) is 7.11 Å². The van der Waals surface area contributed by atoms with Crippen LogP contribution in [0.2, 0.25) is 0 Å². The second-order valence-corrected chi connectivity index (χ2v) is 7.15. The van der Waals surface area contributed by atoms with Crippen LogP contribution in [0.15, 0.2) is 48.8 Å². The van der Waals surface area contributed by atoms with Crippen LogP contribution in [0.25, 0.3) is 5.65 Å². The molecule has 0 saturated carbocycles. The standard InChI is InChI=1S/C22H28N4O2/c1-16-6-5-12-26-20(15-24-22(16)26)19(14-21(27)23-11-13-28-4)17-7-9-18(10-8-17)25(2)3/h5-10,12,15,19H,11,13-14H2,1-4H3,(H,23,27). The third kappa shape index (κ3) is 4.34. The molecule has 0 aliphatic rings. The van der Waals surface area contributed by atoms with E-state index >= 15 is 0 Å². The van der Waals surface area contributed by atoms with E-state index < -0.39 is 0 Å². The molecule has 0 aliphatic heterocycles. The second-order valence-electron chi connectivity index (χ2n) is 7.15. The van der Waals surface area contributed by atoms with Crippen molar-refractivity contribution in [1.29, 1.82) is 0 Å². The summed E-state index contributed by atoms with van der Waals surface area (Å²) in [5.41, 5.74) is 5.27. The highest BCUT2D eigenvalue weighted by atomic mass is 16.5. The molecule has 2 aromatic heterocycles.